The molecule has 3 heteroatoms. The monoisotopic (exact) mass is 204 g/mol. The summed E-state index contributed by atoms with van der Waals surface area (Å²) in [7, 11) is 0. The molecule has 0 saturated heterocycles. The third-order valence-electron chi connectivity index (χ3n) is 1.95. The summed E-state index contributed by atoms with van der Waals surface area (Å²) in [6, 6.07) is 10.3. The summed E-state index contributed by atoms with van der Waals surface area (Å²) in [6.07, 6.45) is 1.95. The Morgan fingerprint density at radius 2 is 2.14 bits per heavy atom. The lowest BCUT2D eigenvalue weighted by Crippen LogP contribution is -1.69. The number of aromatic amines is 1. The molecule has 0 bridgehead atoms. The first kappa shape index (κ1) is 9.34. The SMILES string of the molecule is C1=NCCS1.c1ccc2[nH]ccc2c1. The number of rotatable bonds is 0. The van der Waals surface area contributed by atoms with E-state index in [-0.39, 0.29) is 0 Å². The van der Waals surface area contributed by atoms with Gasteiger partial charge >= 0.3 is 0 Å². The summed E-state index contributed by atoms with van der Waals surface area (Å²) in [5, 5.41) is 1.28. The standard InChI is InChI=1S/C8H7N.C3H5NS/c1-2-4-8-7(3-1)5-6-9-8;1-2-5-3-4-1/h1-6,9H;3H,1-2H2. The molecular formula is C11H12N2S. The molecule has 1 aromatic heterocycles. The first-order valence-electron chi connectivity index (χ1n) is 4.59. The third-order valence-corrected chi connectivity index (χ3v) is 2.67. The molecule has 14 heavy (non-hydrogen) atoms. The van der Waals surface area contributed by atoms with E-state index >= 15 is 0 Å². The minimum Gasteiger partial charge on any atom is -0.361 e. The number of hydrogen-bond donors (Lipinski definition) is 1. The van der Waals surface area contributed by atoms with Gasteiger partial charge in [0, 0.05) is 24.0 Å². The number of thioether (sulfide) groups is 1. The van der Waals surface area contributed by atoms with Gasteiger partial charge in [-0.15, -0.1) is 11.8 Å². The van der Waals surface area contributed by atoms with Gasteiger partial charge in [0.25, 0.3) is 0 Å². The summed E-state index contributed by atoms with van der Waals surface area (Å²) >= 11 is 1.78. The van der Waals surface area contributed by atoms with E-state index in [4.69, 9.17) is 0 Å². The molecule has 2 heterocycles. The van der Waals surface area contributed by atoms with Crippen molar-refractivity contribution in [3.05, 3.63) is 36.5 Å². The van der Waals surface area contributed by atoms with Crippen LogP contribution in [0.3, 0.4) is 0 Å². The molecule has 0 aliphatic carbocycles. The third kappa shape index (κ3) is 2.39. The Hall–Kier alpha value is -1.22. The molecule has 1 aliphatic heterocycles. The van der Waals surface area contributed by atoms with E-state index in [9.17, 15) is 0 Å². The summed E-state index contributed by atoms with van der Waals surface area (Å²) in [4.78, 5) is 7.04. The lowest BCUT2D eigenvalue weighted by atomic mass is 10.3. The van der Waals surface area contributed by atoms with Crippen LogP contribution in [0.2, 0.25) is 0 Å². The maximum atomic E-state index is 3.92. The average molecular weight is 204 g/mol. The Morgan fingerprint density at radius 1 is 1.21 bits per heavy atom. The van der Waals surface area contributed by atoms with Gasteiger partial charge in [-0.25, -0.2) is 0 Å². The van der Waals surface area contributed by atoms with Crippen LogP contribution in [0.1, 0.15) is 0 Å². The number of para-hydroxylation sites is 1. The number of nitrogens with one attached hydrogen (secondary N) is 1. The molecule has 0 atom stereocenters. The number of benzene rings is 1. The molecule has 0 amide bonds. The van der Waals surface area contributed by atoms with Gasteiger partial charge in [0.15, 0.2) is 0 Å². The van der Waals surface area contributed by atoms with Crippen LogP contribution in [0.25, 0.3) is 10.9 Å². The van der Waals surface area contributed by atoms with Crippen molar-refractivity contribution in [2.75, 3.05) is 12.3 Å². The van der Waals surface area contributed by atoms with Crippen LogP contribution >= 0.6 is 11.8 Å². The van der Waals surface area contributed by atoms with E-state index in [1.807, 2.05) is 23.9 Å². The Bertz CT molecular complexity index is 384. The average Bonchev–Trinajstić information content (AvgIpc) is 2.92. The van der Waals surface area contributed by atoms with Gasteiger partial charge in [0.05, 0.1) is 5.55 Å². The maximum absolute atomic E-state index is 3.92. The highest BCUT2D eigenvalue weighted by atomic mass is 32.2. The molecule has 1 aliphatic rings. The van der Waals surface area contributed by atoms with E-state index in [2.05, 4.69) is 28.2 Å². The van der Waals surface area contributed by atoms with Crippen molar-refractivity contribution in [3.63, 3.8) is 0 Å². The second-order valence-electron chi connectivity index (χ2n) is 2.95. The number of aromatic nitrogens is 1. The van der Waals surface area contributed by atoms with E-state index in [0.717, 1.165) is 6.54 Å². The number of H-pyrrole nitrogens is 1. The molecule has 0 unspecified atom stereocenters. The quantitative estimate of drug-likeness (QED) is 0.702. The maximum Gasteiger partial charge on any atom is 0.0542 e. The zero-order valence-corrected chi connectivity index (χ0v) is 8.63. The van der Waals surface area contributed by atoms with Gasteiger partial charge in [-0.3, -0.25) is 4.99 Å². The van der Waals surface area contributed by atoms with Crippen molar-refractivity contribution in [1.29, 1.82) is 0 Å². The largest absolute Gasteiger partial charge is 0.361 e. The molecule has 1 aromatic carbocycles. The molecule has 3 rings (SSSR count). The van der Waals surface area contributed by atoms with Crippen LogP contribution in [0.5, 0.6) is 0 Å². The fourth-order valence-electron chi connectivity index (χ4n) is 1.26. The number of fused-ring (bicyclic) bond motifs is 1. The van der Waals surface area contributed by atoms with E-state index < -0.39 is 0 Å². The van der Waals surface area contributed by atoms with Crippen molar-refractivity contribution in [2.45, 2.75) is 0 Å². The summed E-state index contributed by atoms with van der Waals surface area (Å²) in [5.41, 5.74) is 3.11. The number of nitrogens with zero attached hydrogens (tertiary/aromatic N) is 1. The number of aliphatic imine (C=N–C) groups is 1. The van der Waals surface area contributed by atoms with Crippen LogP contribution in [-0.4, -0.2) is 22.8 Å². The molecule has 2 nitrogen and oxygen atoms in total. The van der Waals surface area contributed by atoms with Crippen LogP contribution in [-0.2, 0) is 0 Å². The predicted molar refractivity (Wildman–Crippen MR) is 64.1 cm³/mol. The zero-order chi connectivity index (χ0) is 9.64. The minimum absolute atomic E-state index is 1.03. The van der Waals surface area contributed by atoms with E-state index in [1.54, 1.807) is 11.8 Å². The fraction of sp³-hybridized carbons (Fsp3) is 0.182. The van der Waals surface area contributed by atoms with Crippen LogP contribution in [0.15, 0.2) is 41.5 Å². The van der Waals surface area contributed by atoms with Crippen LogP contribution < -0.4 is 0 Å². The Balaban J connectivity index is 0.000000128. The van der Waals surface area contributed by atoms with Crippen LogP contribution in [0.4, 0.5) is 0 Å². The number of hydrogen-bond acceptors (Lipinski definition) is 2. The topological polar surface area (TPSA) is 28.1 Å². The summed E-state index contributed by atoms with van der Waals surface area (Å²) in [6.45, 7) is 1.03. The van der Waals surface area contributed by atoms with Gasteiger partial charge in [-0.1, -0.05) is 18.2 Å². The molecular weight excluding hydrogens is 192 g/mol. The van der Waals surface area contributed by atoms with Crippen molar-refractivity contribution >= 4 is 28.2 Å². The summed E-state index contributed by atoms with van der Waals surface area (Å²) < 4.78 is 0. The predicted octanol–water partition coefficient (Wildman–Crippen LogP) is 2.93. The summed E-state index contributed by atoms with van der Waals surface area (Å²) in [5.74, 6) is 1.19. The first-order chi connectivity index (χ1) is 6.97. The van der Waals surface area contributed by atoms with Crippen molar-refractivity contribution in [1.82, 2.24) is 4.98 Å². The Kier molecular flexibility index (Phi) is 3.24. The van der Waals surface area contributed by atoms with Gasteiger partial charge in [0.1, 0.15) is 0 Å². The highest BCUT2D eigenvalue weighted by molar-refractivity contribution is 8.12. The van der Waals surface area contributed by atoms with Crippen molar-refractivity contribution in [2.24, 2.45) is 4.99 Å². The second kappa shape index (κ2) is 4.86. The Labute approximate surface area is 87.4 Å². The zero-order valence-electron chi connectivity index (χ0n) is 7.81. The van der Waals surface area contributed by atoms with Crippen molar-refractivity contribution < 1.29 is 0 Å². The smallest absolute Gasteiger partial charge is 0.0542 e. The van der Waals surface area contributed by atoms with Gasteiger partial charge in [-0.2, -0.15) is 0 Å². The van der Waals surface area contributed by atoms with Gasteiger partial charge < -0.3 is 4.98 Å². The van der Waals surface area contributed by atoms with E-state index in [0.29, 0.717) is 0 Å². The van der Waals surface area contributed by atoms with E-state index in [1.165, 1.54) is 16.7 Å². The lowest BCUT2D eigenvalue weighted by Gasteiger charge is -1.83. The molecule has 2 aromatic rings. The molecule has 1 N–H and O–H groups in total. The molecule has 0 saturated carbocycles. The lowest BCUT2D eigenvalue weighted by molar-refractivity contribution is 1.18. The normalized spacial score (nSPS) is 14.0. The molecule has 0 fully saturated rings. The molecule has 0 radical (unpaired) electrons. The van der Waals surface area contributed by atoms with Gasteiger partial charge in [-0.05, 0) is 17.5 Å². The minimum atomic E-state index is 1.03. The van der Waals surface area contributed by atoms with Crippen LogP contribution in [0, 0.1) is 0 Å². The highest BCUT2D eigenvalue weighted by Crippen LogP contribution is 2.09. The molecule has 0 spiro atoms. The van der Waals surface area contributed by atoms with Crippen molar-refractivity contribution in [3.8, 4) is 0 Å². The Morgan fingerprint density at radius 3 is 2.79 bits per heavy atom. The fourth-order valence-corrected chi connectivity index (χ4v) is 1.79. The van der Waals surface area contributed by atoms with Gasteiger partial charge in [0.2, 0.25) is 0 Å². The second-order valence-corrected chi connectivity index (χ2v) is 3.90. The molecule has 72 valence electrons. The highest BCUT2D eigenvalue weighted by Gasteiger charge is 1.87. The first-order valence-corrected chi connectivity index (χ1v) is 5.64.